The summed E-state index contributed by atoms with van der Waals surface area (Å²) in [7, 11) is 1.62. The van der Waals surface area contributed by atoms with E-state index in [0.29, 0.717) is 11.9 Å². The molecule has 3 aliphatic rings. The van der Waals surface area contributed by atoms with Crippen LogP contribution in [0.1, 0.15) is 12.8 Å². The summed E-state index contributed by atoms with van der Waals surface area (Å²) in [6, 6.07) is 25.0. The fraction of sp³-hybridized carbons (Fsp3) is 0.148. The zero-order valence-electron chi connectivity index (χ0n) is 18.6. The first-order valence-electron chi connectivity index (χ1n) is 11.2. The van der Waals surface area contributed by atoms with Gasteiger partial charge in [-0.25, -0.2) is 9.97 Å². The van der Waals surface area contributed by atoms with Crippen LogP contribution < -0.4 is 15.4 Å². The van der Waals surface area contributed by atoms with Crippen LogP contribution in [0.3, 0.4) is 0 Å². The Kier molecular flexibility index (Phi) is 5.26. The summed E-state index contributed by atoms with van der Waals surface area (Å²) in [6.07, 6.45) is 3.96. The second kappa shape index (κ2) is 8.57. The largest absolute Gasteiger partial charge is 0.480 e. The van der Waals surface area contributed by atoms with E-state index >= 15 is 0 Å². The van der Waals surface area contributed by atoms with Gasteiger partial charge in [0.25, 0.3) is 0 Å². The normalized spacial score (nSPS) is 14.0. The Bertz CT molecular complexity index is 1540. The van der Waals surface area contributed by atoms with Gasteiger partial charge in [-0.3, -0.25) is 4.99 Å². The first-order chi connectivity index (χ1) is 16.7. The Morgan fingerprint density at radius 3 is 2.62 bits per heavy atom. The van der Waals surface area contributed by atoms with Gasteiger partial charge in [0.15, 0.2) is 0 Å². The SMILES string of the molecule is COc1ncccc1Nc1cc2nc3ccccc3n(-c3ccc(Br)cc3)c-2cc1=NC1CC1. The Morgan fingerprint density at radius 1 is 1.00 bits per heavy atom. The molecule has 0 unspecified atom stereocenters. The monoisotopic (exact) mass is 511 g/mol. The fourth-order valence-electron chi connectivity index (χ4n) is 4.11. The minimum absolute atomic E-state index is 0.364. The third kappa shape index (κ3) is 3.92. The molecule has 0 atom stereocenters. The number of aromatic nitrogens is 3. The van der Waals surface area contributed by atoms with Crippen LogP contribution in [-0.2, 0) is 0 Å². The molecule has 34 heavy (non-hydrogen) atoms. The van der Waals surface area contributed by atoms with Crippen molar-refractivity contribution >= 4 is 38.3 Å². The second-order valence-corrected chi connectivity index (χ2v) is 9.23. The molecule has 0 bridgehead atoms. The maximum Gasteiger partial charge on any atom is 0.237 e. The lowest BCUT2D eigenvalue weighted by Gasteiger charge is -2.20. The first kappa shape index (κ1) is 20.9. The van der Waals surface area contributed by atoms with Gasteiger partial charge in [-0.05, 0) is 73.5 Å². The summed E-state index contributed by atoms with van der Waals surface area (Å²) in [5.74, 6) is 0.538. The van der Waals surface area contributed by atoms with E-state index in [2.05, 4.69) is 73.3 Å². The highest BCUT2D eigenvalue weighted by atomic mass is 79.9. The van der Waals surface area contributed by atoms with E-state index in [0.717, 1.165) is 62.2 Å². The van der Waals surface area contributed by atoms with Crippen LogP contribution in [0.15, 0.2) is 88.5 Å². The Labute approximate surface area is 205 Å². The predicted octanol–water partition coefficient (Wildman–Crippen LogP) is 6.10. The maximum absolute atomic E-state index is 5.45. The molecule has 0 spiro atoms. The van der Waals surface area contributed by atoms with Crippen LogP contribution in [0.2, 0.25) is 0 Å². The number of nitrogens with zero attached hydrogens (tertiary/aromatic N) is 4. The van der Waals surface area contributed by atoms with Crippen molar-refractivity contribution in [3.05, 3.63) is 88.8 Å². The van der Waals surface area contributed by atoms with Gasteiger partial charge in [0, 0.05) is 16.4 Å². The highest BCUT2D eigenvalue weighted by molar-refractivity contribution is 9.10. The number of halogens is 1. The molecular formula is C27H22BrN5O. The minimum Gasteiger partial charge on any atom is -0.480 e. The van der Waals surface area contributed by atoms with Gasteiger partial charge in [0.2, 0.25) is 5.88 Å². The summed E-state index contributed by atoms with van der Waals surface area (Å²) in [5.41, 5.74) is 6.60. The summed E-state index contributed by atoms with van der Waals surface area (Å²) in [5, 5.41) is 4.40. The molecular weight excluding hydrogens is 490 g/mol. The van der Waals surface area contributed by atoms with Gasteiger partial charge in [-0.1, -0.05) is 28.1 Å². The minimum atomic E-state index is 0.364. The molecule has 0 amide bonds. The third-order valence-corrected chi connectivity index (χ3v) is 6.41. The molecule has 3 aromatic rings. The molecule has 2 aromatic carbocycles. The number of ether oxygens (including phenoxy) is 1. The van der Waals surface area contributed by atoms with Gasteiger partial charge in [0.1, 0.15) is 5.69 Å². The standard InChI is InChI=1S/C27H22BrN5O/c1-34-27-21(6-4-14-29-27)32-22-15-24-26(16-23(22)30-18-10-11-18)33(19-12-8-17(28)9-13-19)25-7-3-2-5-20(25)31-24/h2-9,12-16,18,32H,10-11H2,1H3. The number of benzene rings is 3. The van der Waals surface area contributed by atoms with Crippen molar-refractivity contribution in [2.24, 2.45) is 4.99 Å². The fourth-order valence-corrected chi connectivity index (χ4v) is 4.38. The van der Waals surface area contributed by atoms with Crippen LogP contribution in [-0.4, -0.2) is 27.7 Å². The van der Waals surface area contributed by atoms with Gasteiger partial charge in [0.05, 0.1) is 46.6 Å². The number of methoxy groups -OCH3 is 1. The van der Waals surface area contributed by atoms with Gasteiger partial charge in [-0.15, -0.1) is 0 Å². The van der Waals surface area contributed by atoms with E-state index in [4.69, 9.17) is 14.7 Å². The predicted molar refractivity (Wildman–Crippen MR) is 138 cm³/mol. The third-order valence-electron chi connectivity index (χ3n) is 5.88. The lowest BCUT2D eigenvalue weighted by atomic mass is 10.1. The molecule has 1 aromatic heterocycles. The van der Waals surface area contributed by atoms with Crippen LogP contribution >= 0.6 is 15.9 Å². The molecule has 6 nitrogen and oxygen atoms in total. The van der Waals surface area contributed by atoms with E-state index in [1.807, 2.05) is 30.3 Å². The number of fused-ring (bicyclic) bond motifs is 2. The molecule has 1 N–H and O–H groups in total. The zero-order chi connectivity index (χ0) is 23.1. The van der Waals surface area contributed by atoms with Crippen molar-refractivity contribution in [1.29, 1.82) is 0 Å². The molecule has 168 valence electrons. The topological polar surface area (TPSA) is 64.3 Å². The smallest absolute Gasteiger partial charge is 0.237 e. The van der Waals surface area contributed by atoms with Crippen molar-refractivity contribution < 1.29 is 4.74 Å². The second-order valence-electron chi connectivity index (χ2n) is 8.32. The number of anilines is 2. The van der Waals surface area contributed by atoms with Gasteiger partial charge >= 0.3 is 0 Å². The molecule has 2 aliphatic carbocycles. The van der Waals surface area contributed by atoms with Gasteiger partial charge < -0.3 is 14.6 Å². The van der Waals surface area contributed by atoms with Crippen molar-refractivity contribution in [1.82, 2.24) is 14.5 Å². The molecule has 6 rings (SSSR count). The van der Waals surface area contributed by atoms with Crippen LogP contribution in [0.4, 0.5) is 11.4 Å². The maximum atomic E-state index is 5.45. The van der Waals surface area contributed by atoms with E-state index in [1.165, 1.54) is 0 Å². The number of hydrogen-bond acceptors (Lipinski definition) is 5. The van der Waals surface area contributed by atoms with Crippen molar-refractivity contribution in [2.45, 2.75) is 18.9 Å². The molecule has 1 aliphatic heterocycles. The average Bonchev–Trinajstić information content (AvgIpc) is 3.68. The molecule has 0 saturated heterocycles. The van der Waals surface area contributed by atoms with E-state index in [1.54, 1.807) is 13.3 Å². The molecule has 1 fully saturated rings. The van der Waals surface area contributed by atoms with E-state index < -0.39 is 0 Å². The van der Waals surface area contributed by atoms with Crippen LogP contribution in [0.25, 0.3) is 28.1 Å². The average molecular weight is 512 g/mol. The number of hydrogen-bond donors (Lipinski definition) is 1. The molecule has 7 heteroatoms. The first-order valence-corrected chi connectivity index (χ1v) is 12.0. The Morgan fingerprint density at radius 2 is 1.82 bits per heavy atom. The lowest BCUT2D eigenvalue weighted by molar-refractivity contribution is 0.400. The van der Waals surface area contributed by atoms with E-state index in [-0.39, 0.29) is 0 Å². The summed E-state index contributed by atoms with van der Waals surface area (Å²) >= 11 is 3.56. The highest BCUT2D eigenvalue weighted by Gasteiger charge is 2.22. The molecule has 2 heterocycles. The quantitative estimate of drug-likeness (QED) is 0.289. The van der Waals surface area contributed by atoms with Crippen molar-refractivity contribution in [2.75, 3.05) is 12.4 Å². The van der Waals surface area contributed by atoms with Crippen molar-refractivity contribution in [3.8, 4) is 23.0 Å². The highest BCUT2D eigenvalue weighted by Crippen LogP contribution is 2.32. The molecule has 0 radical (unpaired) electrons. The number of para-hydroxylation sites is 2. The van der Waals surface area contributed by atoms with Crippen molar-refractivity contribution in [3.63, 3.8) is 0 Å². The summed E-state index contributed by atoms with van der Waals surface area (Å²) < 4.78 is 8.75. The number of pyridine rings is 1. The number of rotatable bonds is 5. The molecule has 1 saturated carbocycles. The van der Waals surface area contributed by atoms with Gasteiger partial charge in [-0.2, -0.15) is 0 Å². The Balaban J connectivity index is 1.63. The van der Waals surface area contributed by atoms with Crippen LogP contribution in [0, 0.1) is 0 Å². The lowest BCUT2D eigenvalue weighted by Crippen LogP contribution is -2.16. The zero-order valence-corrected chi connectivity index (χ0v) is 20.2. The Hall–Kier alpha value is -3.71. The summed E-state index contributed by atoms with van der Waals surface area (Å²) in [4.78, 5) is 14.4. The summed E-state index contributed by atoms with van der Waals surface area (Å²) in [6.45, 7) is 0. The number of nitrogens with one attached hydrogen (secondary N) is 1. The van der Waals surface area contributed by atoms with E-state index in [9.17, 15) is 0 Å². The van der Waals surface area contributed by atoms with Crippen LogP contribution in [0.5, 0.6) is 5.88 Å².